The zero-order valence-electron chi connectivity index (χ0n) is 9.44. The molecule has 0 aliphatic heterocycles. The van der Waals surface area contributed by atoms with Gasteiger partial charge >= 0.3 is 0 Å². The molecule has 0 aromatic carbocycles. The van der Waals surface area contributed by atoms with Crippen LogP contribution in [0.15, 0.2) is 18.3 Å². The van der Waals surface area contributed by atoms with Gasteiger partial charge in [-0.3, -0.25) is 0 Å². The number of methoxy groups -OCH3 is 1. The summed E-state index contributed by atoms with van der Waals surface area (Å²) in [5.41, 5.74) is 5.49. The molecule has 0 saturated heterocycles. The van der Waals surface area contributed by atoms with E-state index in [0.717, 1.165) is 31.1 Å². The monoisotopic (exact) mass is 209 g/mol. The summed E-state index contributed by atoms with van der Waals surface area (Å²) in [5.74, 6) is 1.76. The highest BCUT2D eigenvalue weighted by Crippen LogP contribution is 2.15. The smallest absolute Gasteiger partial charge is 0.137 e. The van der Waals surface area contributed by atoms with Crippen molar-refractivity contribution in [2.24, 2.45) is 5.73 Å². The minimum absolute atomic E-state index is 0.715. The van der Waals surface area contributed by atoms with Gasteiger partial charge in [0.15, 0.2) is 0 Å². The minimum Gasteiger partial charge on any atom is -0.495 e. The minimum atomic E-state index is 0.715. The predicted molar refractivity (Wildman–Crippen MR) is 62.3 cm³/mol. The molecule has 0 radical (unpaired) electrons. The lowest BCUT2D eigenvalue weighted by molar-refractivity contribution is 0.413. The van der Waals surface area contributed by atoms with E-state index < -0.39 is 0 Å². The first-order chi connectivity index (χ1) is 7.31. The highest BCUT2D eigenvalue weighted by atomic mass is 16.5. The Bertz CT molecular complexity index is 274. The molecule has 0 fully saturated rings. The van der Waals surface area contributed by atoms with Gasteiger partial charge in [-0.25, -0.2) is 4.98 Å². The topological polar surface area (TPSA) is 51.4 Å². The van der Waals surface area contributed by atoms with Crippen LogP contribution in [-0.4, -0.2) is 31.7 Å². The third-order valence-corrected chi connectivity index (χ3v) is 2.29. The summed E-state index contributed by atoms with van der Waals surface area (Å²) in [6.07, 6.45) is 2.72. The first-order valence-electron chi connectivity index (χ1n) is 5.26. The van der Waals surface area contributed by atoms with E-state index in [9.17, 15) is 0 Å². The maximum Gasteiger partial charge on any atom is 0.137 e. The fourth-order valence-corrected chi connectivity index (χ4v) is 1.40. The Hall–Kier alpha value is -1.29. The zero-order valence-corrected chi connectivity index (χ0v) is 9.44. The number of nitrogens with zero attached hydrogens (tertiary/aromatic N) is 2. The Morgan fingerprint density at radius 1 is 1.47 bits per heavy atom. The molecule has 0 amide bonds. The first kappa shape index (κ1) is 11.8. The molecule has 0 aliphatic carbocycles. The normalized spacial score (nSPS) is 10.1. The standard InChI is InChI=1S/C11H19N3O/c1-3-14(8-4-7-12)11-6-5-10(15-2)9-13-11/h5-6,9H,3-4,7-8,12H2,1-2H3. The van der Waals surface area contributed by atoms with Crippen molar-refractivity contribution in [2.45, 2.75) is 13.3 Å². The Kier molecular flexibility index (Phi) is 4.90. The van der Waals surface area contributed by atoms with Crippen LogP contribution in [0.4, 0.5) is 5.82 Å². The summed E-state index contributed by atoms with van der Waals surface area (Å²) < 4.78 is 5.06. The van der Waals surface area contributed by atoms with Crippen molar-refractivity contribution >= 4 is 5.82 Å². The number of rotatable bonds is 6. The van der Waals surface area contributed by atoms with Gasteiger partial charge in [0.2, 0.25) is 0 Å². The van der Waals surface area contributed by atoms with Gasteiger partial charge in [-0.15, -0.1) is 0 Å². The Balaban J connectivity index is 2.65. The number of nitrogens with two attached hydrogens (primary N) is 1. The van der Waals surface area contributed by atoms with Crippen molar-refractivity contribution in [3.63, 3.8) is 0 Å². The third kappa shape index (κ3) is 3.40. The van der Waals surface area contributed by atoms with Crippen molar-refractivity contribution in [1.82, 2.24) is 4.98 Å². The zero-order chi connectivity index (χ0) is 11.1. The summed E-state index contributed by atoms with van der Waals surface area (Å²) in [5, 5.41) is 0. The number of hydrogen-bond donors (Lipinski definition) is 1. The van der Waals surface area contributed by atoms with Crippen LogP contribution in [0, 0.1) is 0 Å². The number of pyridine rings is 1. The van der Waals surface area contributed by atoms with E-state index in [1.54, 1.807) is 13.3 Å². The summed E-state index contributed by atoms with van der Waals surface area (Å²) in [6.45, 7) is 4.72. The van der Waals surface area contributed by atoms with E-state index in [2.05, 4.69) is 16.8 Å². The molecule has 2 N–H and O–H groups in total. The van der Waals surface area contributed by atoms with Crippen LogP contribution in [0.2, 0.25) is 0 Å². The summed E-state index contributed by atoms with van der Waals surface area (Å²) in [6, 6.07) is 3.90. The van der Waals surface area contributed by atoms with Gasteiger partial charge in [-0.1, -0.05) is 0 Å². The quantitative estimate of drug-likeness (QED) is 0.766. The van der Waals surface area contributed by atoms with Gasteiger partial charge in [-0.05, 0) is 32.0 Å². The molecular formula is C11H19N3O. The number of ether oxygens (including phenoxy) is 1. The van der Waals surface area contributed by atoms with Crippen molar-refractivity contribution in [2.75, 3.05) is 31.6 Å². The molecule has 0 spiro atoms. The number of aromatic nitrogens is 1. The van der Waals surface area contributed by atoms with Crippen molar-refractivity contribution < 1.29 is 4.74 Å². The highest BCUT2D eigenvalue weighted by molar-refractivity contribution is 5.40. The maximum absolute atomic E-state index is 5.49. The molecular weight excluding hydrogens is 190 g/mol. The summed E-state index contributed by atoms with van der Waals surface area (Å²) >= 11 is 0. The Morgan fingerprint density at radius 2 is 2.27 bits per heavy atom. The van der Waals surface area contributed by atoms with Crippen molar-refractivity contribution in [1.29, 1.82) is 0 Å². The van der Waals surface area contributed by atoms with E-state index in [1.807, 2.05) is 12.1 Å². The average molecular weight is 209 g/mol. The van der Waals surface area contributed by atoms with Crippen LogP contribution in [0.5, 0.6) is 5.75 Å². The molecule has 1 rings (SSSR count). The van der Waals surface area contributed by atoms with E-state index in [1.165, 1.54) is 0 Å². The molecule has 1 heterocycles. The van der Waals surface area contributed by atoms with Gasteiger partial charge < -0.3 is 15.4 Å². The van der Waals surface area contributed by atoms with Gasteiger partial charge in [-0.2, -0.15) is 0 Å². The van der Waals surface area contributed by atoms with Crippen LogP contribution in [-0.2, 0) is 0 Å². The Labute approximate surface area is 91.1 Å². The molecule has 1 aromatic rings. The second kappa shape index (κ2) is 6.24. The lowest BCUT2D eigenvalue weighted by Crippen LogP contribution is -2.26. The molecule has 0 aliphatic rings. The average Bonchev–Trinajstić information content (AvgIpc) is 2.31. The molecule has 15 heavy (non-hydrogen) atoms. The molecule has 4 heteroatoms. The van der Waals surface area contributed by atoms with Crippen LogP contribution in [0.1, 0.15) is 13.3 Å². The summed E-state index contributed by atoms with van der Waals surface area (Å²) in [4.78, 5) is 6.53. The molecule has 1 aromatic heterocycles. The lowest BCUT2D eigenvalue weighted by atomic mass is 10.3. The third-order valence-electron chi connectivity index (χ3n) is 2.29. The van der Waals surface area contributed by atoms with Crippen LogP contribution in [0.3, 0.4) is 0 Å². The van der Waals surface area contributed by atoms with Gasteiger partial charge in [0.05, 0.1) is 13.3 Å². The van der Waals surface area contributed by atoms with E-state index in [4.69, 9.17) is 10.5 Å². The van der Waals surface area contributed by atoms with Crippen LogP contribution >= 0.6 is 0 Å². The van der Waals surface area contributed by atoms with Crippen molar-refractivity contribution in [3.8, 4) is 5.75 Å². The number of anilines is 1. The molecule has 0 unspecified atom stereocenters. The molecule has 0 bridgehead atoms. The van der Waals surface area contributed by atoms with Crippen molar-refractivity contribution in [3.05, 3.63) is 18.3 Å². The van der Waals surface area contributed by atoms with Crippen LogP contribution < -0.4 is 15.4 Å². The Morgan fingerprint density at radius 3 is 2.73 bits per heavy atom. The lowest BCUT2D eigenvalue weighted by Gasteiger charge is -2.21. The second-order valence-electron chi connectivity index (χ2n) is 3.28. The molecule has 4 nitrogen and oxygen atoms in total. The second-order valence-corrected chi connectivity index (χ2v) is 3.28. The van der Waals surface area contributed by atoms with Gasteiger partial charge in [0, 0.05) is 13.1 Å². The number of hydrogen-bond acceptors (Lipinski definition) is 4. The van der Waals surface area contributed by atoms with Crippen LogP contribution in [0.25, 0.3) is 0 Å². The molecule has 0 atom stereocenters. The SMILES string of the molecule is CCN(CCCN)c1ccc(OC)cn1. The predicted octanol–water partition coefficient (Wildman–Crippen LogP) is 1.27. The highest BCUT2D eigenvalue weighted by Gasteiger charge is 2.04. The fraction of sp³-hybridized carbons (Fsp3) is 0.545. The van der Waals surface area contributed by atoms with Gasteiger partial charge in [0.25, 0.3) is 0 Å². The van der Waals surface area contributed by atoms with E-state index in [-0.39, 0.29) is 0 Å². The largest absolute Gasteiger partial charge is 0.495 e. The first-order valence-corrected chi connectivity index (χ1v) is 5.26. The van der Waals surface area contributed by atoms with E-state index >= 15 is 0 Å². The maximum atomic E-state index is 5.49. The summed E-state index contributed by atoms with van der Waals surface area (Å²) in [7, 11) is 1.64. The van der Waals surface area contributed by atoms with Gasteiger partial charge in [0.1, 0.15) is 11.6 Å². The van der Waals surface area contributed by atoms with E-state index in [0.29, 0.717) is 6.54 Å². The fourth-order valence-electron chi connectivity index (χ4n) is 1.40. The molecule has 84 valence electrons. The molecule has 0 saturated carbocycles.